The lowest BCUT2D eigenvalue weighted by atomic mass is 10.1. The summed E-state index contributed by atoms with van der Waals surface area (Å²) in [4.78, 5) is 0. The Morgan fingerprint density at radius 2 is 2.33 bits per heavy atom. The van der Waals surface area contributed by atoms with E-state index in [1.807, 2.05) is 6.92 Å². The first-order valence-corrected chi connectivity index (χ1v) is 5.88. The number of nitrogens with zero attached hydrogens (tertiary/aromatic N) is 1. The topological polar surface area (TPSA) is 70.6 Å². The fourth-order valence-corrected chi connectivity index (χ4v) is 2.35. The van der Waals surface area contributed by atoms with Crippen molar-refractivity contribution in [3.8, 4) is 0 Å². The molecule has 0 aliphatic heterocycles. The van der Waals surface area contributed by atoms with E-state index >= 15 is 0 Å². The van der Waals surface area contributed by atoms with Gasteiger partial charge in [-0.15, -0.1) is 0 Å². The van der Waals surface area contributed by atoms with Gasteiger partial charge < -0.3 is 16.3 Å². The van der Waals surface area contributed by atoms with E-state index in [9.17, 15) is 0 Å². The van der Waals surface area contributed by atoms with Crippen molar-refractivity contribution in [1.82, 2.24) is 5.32 Å². The van der Waals surface area contributed by atoms with Gasteiger partial charge in [0.15, 0.2) is 5.84 Å². The molecule has 1 aliphatic rings. The quantitative estimate of drug-likeness (QED) is 0.281. The van der Waals surface area contributed by atoms with E-state index in [-0.39, 0.29) is 6.04 Å². The van der Waals surface area contributed by atoms with Crippen LogP contribution in [0.4, 0.5) is 0 Å². The van der Waals surface area contributed by atoms with Crippen molar-refractivity contribution in [3.05, 3.63) is 0 Å². The van der Waals surface area contributed by atoms with Gasteiger partial charge >= 0.3 is 0 Å². The zero-order chi connectivity index (χ0) is 11.3. The Morgan fingerprint density at radius 1 is 1.60 bits per heavy atom. The summed E-state index contributed by atoms with van der Waals surface area (Å²) in [6.07, 6.45) is 4.81. The summed E-state index contributed by atoms with van der Waals surface area (Å²) in [5.41, 5.74) is 5.58. The van der Waals surface area contributed by atoms with Crippen LogP contribution in [0.25, 0.3) is 0 Å². The molecular formula is C11H23N3O. The zero-order valence-corrected chi connectivity index (χ0v) is 9.74. The number of hydrogen-bond acceptors (Lipinski definition) is 3. The van der Waals surface area contributed by atoms with Crippen LogP contribution >= 0.6 is 0 Å². The van der Waals surface area contributed by atoms with Crippen molar-refractivity contribution in [1.29, 1.82) is 0 Å². The fourth-order valence-electron chi connectivity index (χ4n) is 2.35. The highest BCUT2D eigenvalue weighted by molar-refractivity contribution is 5.85. The summed E-state index contributed by atoms with van der Waals surface area (Å²) in [5.74, 6) is 1.92. The van der Waals surface area contributed by atoms with E-state index in [2.05, 4.69) is 17.4 Å². The predicted molar refractivity (Wildman–Crippen MR) is 62.0 cm³/mol. The van der Waals surface area contributed by atoms with E-state index in [0.717, 1.165) is 24.8 Å². The molecular weight excluding hydrogens is 190 g/mol. The predicted octanol–water partition coefficient (Wildman–Crippen LogP) is 1.54. The van der Waals surface area contributed by atoms with Crippen LogP contribution < -0.4 is 11.1 Å². The van der Waals surface area contributed by atoms with Crippen molar-refractivity contribution in [2.45, 2.75) is 45.6 Å². The summed E-state index contributed by atoms with van der Waals surface area (Å²) in [5, 5.41) is 15.0. The Balaban J connectivity index is 2.28. The largest absolute Gasteiger partial charge is 0.409 e. The first kappa shape index (κ1) is 12.3. The monoisotopic (exact) mass is 213 g/mol. The second kappa shape index (κ2) is 5.95. The summed E-state index contributed by atoms with van der Waals surface area (Å²) >= 11 is 0. The minimum Gasteiger partial charge on any atom is -0.409 e. The number of amidine groups is 1. The molecule has 1 rings (SSSR count). The van der Waals surface area contributed by atoms with Gasteiger partial charge in [-0.05, 0) is 37.6 Å². The lowest BCUT2D eigenvalue weighted by Crippen LogP contribution is -2.42. The number of nitrogens with two attached hydrogens (primary N) is 1. The summed E-state index contributed by atoms with van der Waals surface area (Å²) < 4.78 is 0. The van der Waals surface area contributed by atoms with E-state index in [1.54, 1.807) is 0 Å². The van der Waals surface area contributed by atoms with E-state index in [4.69, 9.17) is 10.9 Å². The highest BCUT2D eigenvalue weighted by Crippen LogP contribution is 2.29. The lowest BCUT2D eigenvalue weighted by Gasteiger charge is -2.18. The minimum atomic E-state index is 0.0194. The Kier molecular flexibility index (Phi) is 4.88. The zero-order valence-electron chi connectivity index (χ0n) is 9.74. The van der Waals surface area contributed by atoms with Crippen LogP contribution in [0, 0.1) is 11.8 Å². The van der Waals surface area contributed by atoms with Crippen molar-refractivity contribution < 1.29 is 5.21 Å². The van der Waals surface area contributed by atoms with Gasteiger partial charge in [-0.3, -0.25) is 0 Å². The molecule has 0 aromatic heterocycles. The minimum absolute atomic E-state index is 0.0194. The van der Waals surface area contributed by atoms with Crippen LogP contribution in [0.3, 0.4) is 0 Å². The Hall–Kier alpha value is -0.770. The lowest BCUT2D eigenvalue weighted by molar-refractivity contribution is 0.313. The summed E-state index contributed by atoms with van der Waals surface area (Å²) in [6, 6.07) is 0.0194. The Labute approximate surface area is 91.9 Å². The van der Waals surface area contributed by atoms with Crippen molar-refractivity contribution in [2.24, 2.45) is 22.7 Å². The van der Waals surface area contributed by atoms with Crippen LogP contribution in [0.1, 0.15) is 39.5 Å². The molecule has 0 radical (unpaired) electrons. The molecule has 0 aromatic carbocycles. The average molecular weight is 213 g/mol. The highest BCUT2D eigenvalue weighted by Gasteiger charge is 2.22. The highest BCUT2D eigenvalue weighted by atomic mass is 16.4. The third kappa shape index (κ3) is 3.70. The summed E-state index contributed by atoms with van der Waals surface area (Å²) in [7, 11) is 0. The maximum atomic E-state index is 8.59. The van der Waals surface area contributed by atoms with Gasteiger partial charge in [-0.1, -0.05) is 25.4 Å². The van der Waals surface area contributed by atoms with Crippen LogP contribution in [-0.2, 0) is 0 Å². The van der Waals surface area contributed by atoms with E-state index in [1.165, 1.54) is 19.3 Å². The van der Waals surface area contributed by atoms with Gasteiger partial charge in [0.25, 0.3) is 0 Å². The van der Waals surface area contributed by atoms with Gasteiger partial charge in [-0.2, -0.15) is 0 Å². The molecule has 0 aromatic rings. The average Bonchev–Trinajstić information content (AvgIpc) is 2.64. The van der Waals surface area contributed by atoms with Gasteiger partial charge in [0, 0.05) is 0 Å². The first-order chi connectivity index (χ1) is 7.17. The molecule has 4 N–H and O–H groups in total. The van der Waals surface area contributed by atoms with Gasteiger partial charge in [0.1, 0.15) is 0 Å². The number of hydrogen-bond donors (Lipinski definition) is 3. The maximum Gasteiger partial charge on any atom is 0.156 e. The van der Waals surface area contributed by atoms with Crippen LogP contribution in [0.5, 0.6) is 0 Å². The molecule has 3 unspecified atom stereocenters. The Morgan fingerprint density at radius 3 is 2.80 bits per heavy atom. The SMILES string of the molecule is CCC(NCC1CCC(C)C1)C(N)=NO. The van der Waals surface area contributed by atoms with Gasteiger partial charge in [0.05, 0.1) is 6.04 Å². The first-order valence-electron chi connectivity index (χ1n) is 5.88. The van der Waals surface area contributed by atoms with Crippen molar-refractivity contribution in [2.75, 3.05) is 6.54 Å². The van der Waals surface area contributed by atoms with Crippen LogP contribution in [-0.4, -0.2) is 23.6 Å². The molecule has 0 heterocycles. The van der Waals surface area contributed by atoms with E-state index in [0.29, 0.717) is 5.84 Å². The molecule has 3 atom stereocenters. The fraction of sp³-hybridized carbons (Fsp3) is 0.909. The molecule has 4 heteroatoms. The molecule has 4 nitrogen and oxygen atoms in total. The number of nitrogens with one attached hydrogen (secondary N) is 1. The number of oxime groups is 1. The Bertz CT molecular complexity index is 218. The molecule has 0 saturated heterocycles. The second-order valence-corrected chi connectivity index (χ2v) is 4.68. The smallest absolute Gasteiger partial charge is 0.156 e. The van der Waals surface area contributed by atoms with Crippen molar-refractivity contribution >= 4 is 5.84 Å². The third-order valence-electron chi connectivity index (χ3n) is 3.34. The molecule has 0 bridgehead atoms. The number of rotatable bonds is 5. The van der Waals surface area contributed by atoms with E-state index < -0.39 is 0 Å². The van der Waals surface area contributed by atoms with Gasteiger partial charge in [0.2, 0.25) is 0 Å². The second-order valence-electron chi connectivity index (χ2n) is 4.68. The molecule has 1 saturated carbocycles. The molecule has 15 heavy (non-hydrogen) atoms. The van der Waals surface area contributed by atoms with Crippen LogP contribution in [0.2, 0.25) is 0 Å². The molecule has 88 valence electrons. The van der Waals surface area contributed by atoms with Gasteiger partial charge in [-0.25, -0.2) is 0 Å². The summed E-state index contributed by atoms with van der Waals surface area (Å²) in [6.45, 7) is 5.33. The third-order valence-corrected chi connectivity index (χ3v) is 3.34. The molecule has 0 amide bonds. The standard InChI is InChI=1S/C11H23N3O/c1-3-10(11(12)14-15)13-7-9-5-4-8(2)6-9/h8-10,13,15H,3-7H2,1-2H3,(H2,12,14). The normalized spacial score (nSPS) is 29.3. The van der Waals surface area contributed by atoms with Crippen LogP contribution in [0.15, 0.2) is 5.16 Å². The molecule has 1 fully saturated rings. The molecule has 1 aliphatic carbocycles. The molecule has 0 spiro atoms. The van der Waals surface area contributed by atoms with Crippen molar-refractivity contribution in [3.63, 3.8) is 0 Å². The maximum absolute atomic E-state index is 8.59.